The quantitative estimate of drug-likeness (QED) is 0.862. The van der Waals surface area contributed by atoms with Crippen LogP contribution in [-0.2, 0) is 0 Å². The lowest BCUT2D eigenvalue weighted by molar-refractivity contribution is 0.0699. The Labute approximate surface area is 127 Å². The molecule has 2 atom stereocenters. The Morgan fingerprint density at radius 1 is 1.05 bits per heavy atom. The molecule has 2 aromatic rings. The number of ketones is 1. The van der Waals surface area contributed by atoms with Crippen molar-refractivity contribution < 1.29 is 9.90 Å². The van der Waals surface area contributed by atoms with E-state index in [4.69, 9.17) is 23.2 Å². The van der Waals surface area contributed by atoms with Gasteiger partial charge in [-0.3, -0.25) is 4.79 Å². The fourth-order valence-electron chi connectivity index (χ4n) is 2.71. The van der Waals surface area contributed by atoms with E-state index >= 15 is 0 Å². The average molecular weight is 307 g/mol. The van der Waals surface area contributed by atoms with Crippen molar-refractivity contribution in [3.05, 3.63) is 69.2 Å². The Balaban J connectivity index is 2.12. The minimum absolute atomic E-state index is 0.0475. The molecule has 0 aliphatic heterocycles. The molecule has 0 bridgehead atoms. The summed E-state index contributed by atoms with van der Waals surface area (Å²) >= 11 is 12.0. The first-order valence-electron chi connectivity index (χ1n) is 6.34. The van der Waals surface area contributed by atoms with E-state index in [1.54, 1.807) is 24.3 Å². The van der Waals surface area contributed by atoms with Gasteiger partial charge in [0.2, 0.25) is 0 Å². The Bertz CT molecular complexity index is 682. The van der Waals surface area contributed by atoms with Gasteiger partial charge in [-0.05, 0) is 29.7 Å². The van der Waals surface area contributed by atoms with Gasteiger partial charge in [-0.25, -0.2) is 0 Å². The van der Waals surface area contributed by atoms with Gasteiger partial charge in [0.1, 0.15) is 6.10 Å². The average Bonchev–Trinajstić information content (AvgIpc) is 2.46. The number of Topliss-reactive ketones (excluding diaryl/α,β-unsaturated/α-hetero) is 1. The maximum atomic E-state index is 12.0. The fourth-order valence-corrected chi connectivity index (χ4v) is 3.01. The molecule has 2 nitrogen and oxygen atoms in total. The van der Waals surface area contributed by atoms with Crippen molar-refractivity contribution in [3.63, 3.8) is 0 Å². The molecule has 1 aliphatic rings. The maximum absolute atomic E-state index is 12.0. The Morgan fingerprint density at radius 3 is 2.55 bits per heavy atom. The largest absolute Gasteiger partial charge is 0.385 e. The van der Waals surface area contributed by atoms with Gasteiger partial charge in [0, 0.05) is 11.5 Å². The summed E-state index contributed by atoms with van der Waals surface area (Å²) < 4.78 is 0. The molecular formula is C16H12Cl2O2. The molecule has 0 heterocycles. The predicted octanol–water partition coefficient (Wildman–Crippen LogP) is 4.07. The molecule has 0 saturated heterocycles. The number of hydrogen-bond acceptors (Lipinski definition) is 2. The summed E-state index contributed by atoms with van der Waals surface area (Å²) in [6.07, 6.45) is -0.599. The summed E-state index contributed by atoms with van der Waals surface area (Å²) in [4.78, 5) is 12.0. The molecule has 0 amide bonds. The summed E-state index contributed by atoms with van der Waals surface area (Å²) in [5, 5.41) is 10.9. The molecule has 4 heteroatoms. The fraction of sp³-hybridized carbons (Fsp3) is 0.188. The second-order valence-corrected chi connectivity index (χ2v) is 5.74. The molecule has 0 aromatic heterocycles. The molecule has 102 valence electrons. The Hall–Kier alpha value is -1.35. The molecular weight excluding hydrogens is 295 g/mol. The van der Waals surface area contributed by atoms with Crippen LogP contribution >= 0.6 is 23.2 Å². The zero-order valence-corrected chi connectivity index (χ0v) is 12.0. The maximum Gasteiger partial charge on any atom is 0.191 e. The van der Waals surface area contributed by atoms with E-state index in [0.717, 1.165) is 11.1 Å². The highest BCUT2D eigenvalue weighted by Crippen LogP contribution is 2.38. The molecule has 1 N–H and O–H groups in total. The zero-order chi connectivity index (χ0) is 14.3. The molecule has 0 fully saturated rings. The van der Waals surface area contributed by atoms with Gasteiger partial charge in [-0.2, -0.15) is 0 Å². The van der Waals surface area contributed by atoms with Crippen LogP contribution in [-0.4, -0.2) is 17.0 Å². The van der Waals surface area contributed by atoms with Crippen molar-refractivity contribution in [1.29, 1.82) is 0 Å². The Morgan fingerprint density at radius 2 is 1.80 bits per heavy atom. The van der Waals surface area contributed by atoms with Crippen molar-refractivity contribution in [3.8, 4) is 0 Å². The highest BCUT2D eigenvalue weighted by atomic mass is 35.5. The normalized spacial score (nSPS) is 21.6. The third-order valence-corrected chi connectivity index (χ3v) is 4.45. The van der Waals surface area contributed by atoms with Crippen molar-refractivity contribution >= 4 is 29.0 Å². The standard InChI is InChI=1S/C16H12Cl2O2/c17-13-6-5-9(7-14(13)18)12-8-15(19)16(20)11-4-2-1-3-10(11)12/h1-7,12,15,19H,8H2/t12-,15-/m1/s1. The molecule has 2 aromatic carbocycles. The van der Waals surface area contributed by atoms with E-state index in [2.05, 4.69) is 0 Å². The van der Waals surface area contributed by atoms with Gasteiger partial charge < -0.3 is 5.11 Å². The van der Waals surface area contributed by atoms with E-state index in [0.29, 0.717) is 22.0 Å². The number of benzene rings is 2. The van der Waals surface area contributed by atoms with E-state index in [1.807, 2.05) is 18.2 Å². The number of carbonyl (C=O) groups is 1. The number of aliphatic hydroxyl groups excluding tert-OH is 1. The molecule has 20 heavy (non-hydrogen) atoms. The summed E-state index contributed by atoms with van der Waals surface area (Å²) in [7, 11) is 0. The highest BCUT2D eigenvalue weighted by molar-refractivity contribution is 6.42. The van der Waals surface area contributed by atoms with Crippen LogP contribution in [0.25, 0.3) is 0 Å². The van der Waals surface area contributed by atoms with Crippen LogP contribution in [0.1, 0.15) is 33.8 Å². The number of carbonyl (C=O) groups excluding carboxylic acids is 1. The van der Waals surface area contributed by atoms with Gasteiger partial charge in [0.15, 0.2) is 5.78 Å². The molecule has 1 aliphatic carbocycles. The van der Waals surface area contributed by atoms with Crippen molar-refractivity contribution in [2.45, 2.75) is 18.4 Å². The van der Waals surface area contributed by atoms with E-state index in [-0.39, 0.29) is 11.7 Å². The van der Waals surface area contributed by atoms with Crippen molar-refractivity contribution in [1.82, 2.24) is 0 Å². The van der Waals surface area contributed by atoms with Crippen molar-refractivity contribution in [2.75, 3.05) is 0 Å². The minimum Gasteiger partial charge on any atom is -0.385 e. The SMILES string of the molecule is O=C1c2ccccc2[C@@H](c2ccc(Cl)c(Cl)c2)C[C@H]1O. The van der Waals surface area contributed by atoms with Crippen LogP contribution in [0.15, 0.2) is 42.5 Å². The highest BCUT2D eigenvalue weighted by Gasteiger charge is 2.32. The second-order valence-electron chi connectivity index (χ2n) is 4.93. The smallest absolute Gasteiger partial charge is 0.191 e. The van der Waals surface area contributed by atoms with E-state index < -0.39 is 6.10 Å². The topological polar surface area (TPSA) is 37.3 Å². The molecule has 0 saturated carbocycles. The third kappa shape index (κ3) is 2.24. The van der Waals surface area contributed by atoms with E-state index in [9.17, 15) is 9.90 Å². The van der Waals surface area contributed by atoms with Gasteiger partial charge in [-0.15, -0.1) is 0 Å². The monoisotopic (exact) mass is 306 g/mol. The molecule has 3 rings (SSSR count). The number of fused-ring (bicyclic) bond motifs is 1. The number of halogens is 2. The van der Waals surface area contributed by atoms with Crippen LogP contribution in [0.4, 0.5) is 0 Å². The van der Waals surface area contributed by atoms with Crippen LogP contribution in [0.5, 0.6) is 0 Å². The van der Waals surface area contributed by atoms with Crippen molar-refractivity contribution in [2.24, 2.45) is 0 Å². The zero-order valence-electron chi connectivity index (χ0n) is 10.5. The van der Waals surface area contributed by atoms with Crippen LogP contribution in [0.3, 0.4) is 0 Å². The summed E-state index contributed by atoms with van der Waals surface area (Å²) in [5.41, 5.74) is 2.47. The predicted molar refractivity (Wildman–Crippen MR) is 79.7 cm³/mol. The van der Waals surface area contributed by atoms with Crippen LogP contribution < -0.4 is 0 Å². The first kappa shape index (κ1) is 13.6. The van der Waals surface area contributed by atoms with E-state index in [1.165, 1.54) is 0 Å². The second kappa shape index (κ2) is 5.21. The minimum atomic E-state index is -0.968. The number of rotatable bonds is 1. The van der Waals surface area contributed by atoms with Gasteiger partial charge >= 0.3 is 0 Å². The molecule has 0 radical (unpaired) electrons. The number of aliphatic hydroxyl groups is 1. The first-order chi connectivity index (χ1) is 9.58. The summed E-state index contributed by atoms with van der Waals surface area (Å²) in [6, 6.07) is 12.8. The summed E-state index contributed by atoms with van der Waals surface area (Å²) in [6.45, 7) is 0. The Kier molecular flexibility index (Phi) is 3.55. The van der Waals surface area contributed by atoms with Gasteiger partial charge in [0.05, 0.1) is 10.0 Å². The van der Waals surface area contributed by atoms with Crippen LogP contribution in [0.2, 0.25) is 10.0 Å². The lowest BCUT2D eigenvalue weighted by Crippen LogP contribution is -2.30. The van der Waals surface area contributed by atoms with Gasteiger partial charge in [-0.1, -0.05) is 53.5 Å². The lowest BCUT2D eigenvalue weighted by atomic mass is 9.77. The van der Waals surface area contributed by atoms with Crippen LogP contribution in [0, 0.1) is 0 Å². The first-order valence-corrected chi connectivity index (χ1v) is 7.09. The van der Waals surface area contributed by atoms with Gasteiger partial charge in [0.25, 0.3) is 0 Å². The molecule has 0 unspecified atom stereocenters. The third-order valence-electron chi connectivity index (χ3n) is 3.71. The lowest BCUT2D eigenvalue weighted by Gasteiger charge is -2.28. The number of hydrogen-bond donors (Lipinski definition) is 1. The summed E-state index contributed by atoms with van der Waals surface area (Å²) in [5.74, 6) is -0.259. The molecule has 0 spiro atoms.